The van der Waals surface area contributed by atoms with E-state index in [1.165, 1.54) is 6.39 Å². The van der Waals surface area contributed by atoms with Crippen LogP contribution < -0.4 is 0 Å². The van der Waals surface area contributed by atoms with Crippen molar-refractivity contribution in [2.75, 3.05) is 6.54 Å². The van der Waals surface area contributed by atoms with Crippen LogP contribution in [-0.4, -0.2) is 32.7 Å². The quantitative estimate of drug-likeness (QED) is 0.893. The number of nitrogens with zero attached hydrogens (tertiary/aromatic N) is 3. The third-order valence-corrected chi connectivity index (χ3v) is 3.37. The maximum Gasteiger partial charge on any atom is 0.325 e. The fraction of sp³-hybridized carbons (Fsp3) is 0.308. The summed E-state index contributed by atoms with van der Waals surface area (Å²) in [6, 6.07) is 7.01. The number of carboxylic acids is 1. The number of fused-ring (bicyclic) bond motifs is 1. The highest BCUT2D eigenvalue weighted by Gasteiger charge is 2.33. The van der Waals surface area contributed by atoms with Gasteiger partial charge in [0.1, 0.15) is 6.04 Å². The zero-order chi connectivity index (χ0) is 13.2. The largest absolute Gasteiger partial charge is 0.480 e. The molecule has 1 atom stereocenters. The smallest absolute Gasteiger partial charge is 0.325 e. The summed E-state index contributed by atoms with van der Waals surface area (Å²) >= 11 is 0. The third-order valence-electron chi connectivity index (χ3n) is 3.37. The van der Waals surface area contributed by atoms with Crippen molar-refractivity contribution in [1.82, 2.24) is 15.0 Å². The summed E-state index contributed by atoms with van der Waals surface area (Å²) in [4.78, 5) is 17.4. The highest BCUT2D eigenvalue weighted by Crippen LogP contribution is 2.30. The van der Waals surface area contributed by atoms with Crippen molar-refractivity contribution >= 4 is 5.97 Å². The van der Waals surface area contributed by atoms with Crippen LogP contribution in [-0.2, 0) is 17.8 Å². The van der Waals surface area contributed by atoms with Gasteiger partial charge in [-0.3, -0.25) is 9.69 Å². The number of hydrogen-bond acceptors (Lipinski definition) is 5. The first-order valence-corrected chi connectivity index (χ1v) is 6.05. The van der Waals surface area contributed by atoms with Crippen molar-refractivity contribution in [2.24, 2.45) is 0 Å². The first-order valence-electron chi connectivity index (χ1n) is 6.05. The molecule has 6 nitrogen and oxygen atoms in total. The molecule has 0 fully saturated rings. The molecule has 1 aliphatic rings. The van der Waals surface area contributed by atoms with Crippen molar-refractivity contribution in [2.45, 2.75) is 19.0 Å². The van der Waals surface area contributed by atoms with Gasteiger partial charge in [-0.1, -0.05) is 29.4 Å². The number of carbonyl (C=O) groups is 1. The van der Waals surface area contributed by atoms with Crippen LogP contribution in [0.25, 0.3) is 0 Å². The SMILES string of the molecule is O=C(O)C1c2ccccc2CCN1Cc1ncon1. The van der Waals surface area contributed by atoms with E-state index in [4.69, 9.17) is 0 Å². The molecule has 0 spiro atoms. The van der Waals surface area contributed by atoms with E-state index in [1.54, 1.807) is 0 Å². The number of hydrogen-bond donors (Lipinski definition) is 1. The van der Waals surface area contributed by atoms with Crippen molar-refractivity contribution in [3.63, 3.8) is 0 Å². The normalized spacial score (nSPS) is 19.1. The molecule has 1 unspecified atom stereocenters. The molecule has 0 bridgehead atoms. The summed E-state index contributed by atoms with van der Waals surface area (Å²) in [5.41, 5.74) is 1.95. The topological polar surface area (TPSA) is 79.5 Å². The molecule has 1 aromatic heterocycles. The second-order valence-electron chi connectivity index (χ2n) is 4.51. The molecule has 6 heteroatoms. The van der Waals surface area contributed by atoms with Crippen LogP contribution in [0.2, 0.25) is 0 Å². The van der Waals surface area contributed by atoms with Crippen LogP contribution in [0.5, 0.6) is 0 Å². The Hall–Kier alpha value is -2.21. The average Bonchev–Trinajstić information content (AvgIpc) is 2.91. The minimum Gasteiger partial charge on any atom is -0.480 e. The summed E-state index contributed by atoms with van der Waals surface area (Å²) in [7, 11) is 0. The second-order valence-corrected chi connectivity index (χ2v) is 4.51. The molecule has 0 aliphatic carbocycles. The van der Waals surface area contributed by atoms with Crippen LogP contribution in [0.15, 0.2) is 35.2 Å². The maximum absolute atomic E-state index is 11.6. The lowest BCUT2D eigenvalue weighted by atomic mass is 9.92. The van der Waals surface area contributed by atoms with Crippen molar-refractivity contribution < 1.29 is 14.4 Å². The zero-order valence-corrected chi connectivity index (χ0v) is 10.2. The lowest BCUT2D eigenvalue weighted by molar-refractivity contribution is -0.144. The van der Waals surface area contributed by atoms with Crippen molar-refractivity contribution in [1.29, 1.82) is 0 Å². The van der Waals surface area contributed by atoms with Crippen LogP contribution in [0.1, 0.15) is 23.0 Å². The second kappa shape index (κ2) is 4.81. The van der Waals surface area contributed by atoms with E-state index in [-0.39, 0.29) is 0 Å². The molecule has 0 radical (unpaired) electrons. The Balaban J connectivity index is 1.92. The summed E-state index contributed by atoms with van der Waals surface area (Å²) in [5, 5.41) is 13.2. The molecule has 19 heavy (non-hydrogen) atoms. The Morgan fingerprint density at radius 2 is 2.32 bits per heavy atom. The van der Waals surface area contributed by atoms with E-state index in [2.05, 4.69) is 14.7 Å². The maximum atomic E-state index is 11.6. The number of rotatable bonds is 3. The standard InChI is InChI=1S/C13H13N3O3/c17-13(18)12-10-4-2-1-3-9(10)5-6-16(12)7-11-14-8-19-15-11/h1-4,8,12H,5-7H2,(H,17,18). The van der Waals surface area contributed by atoms with Gasteiger partial charge in [-0.25, -0.2) is 0 Å². The predicted molar refractivity (Wildman–Crippen MR) is 65.2 cm³/mol. The van der Waals surface area contributed by atoms with Gasteiger partial charge in [0.25, 0.3) is 0 Å². The molecule has 2 heterocycles. The van der Waals surface area contributed by atoms with E-state index < -0.39 is 12.0 Å². The van der Waals surface area contributed by atoms with Gasteiger partial charge in [0.05, 0.1) is 6.54 Å². The minimum atomic E-state index is -0.851. The Morgan fingerprint density at radius 1 is 1.47 bits per heavy atom. The highest BCUT2D eigenvalue weighted by molar-refractivity contribution is 5.76. The van der Waals surface area contributed by atoms with Crippen LogP contribution in [0.3, 0.4) is 0 Å². The van der Waals surface area contributed by atoms with E-state index in [0.717, 1.165) is 17.5 Å². The lowest BCUT2D eigenvalue weighted by Crippen LogP contribution is -2.39. The lowest BCUT2D eigenvalue weighted by Gasteiger charge is -2.33. The van der Waals surface area contributed by atoms with Gasteiger partial charge >= 0.3 is 5.97 Å². The molecular weight excluding hydrogens is 246 g/mol. The Kier molecular flexibility index (Phi) is 3.00. The fourth-order valence-electron chi connectivity index (χ4n) is 2.52. The summed E-state index contributed by atoms with van der Waals surface area (Å²) in [5.74, 6) is -0.346. The van der Waals surface area contributed by atoms with Gasteiger partial charge in [0.2, 0.25) is 6.39 Å². The molecule has 0 saturated carbocycles. The van der Waals surface area contributed by atoms with Crippen LogP contribution >= 0.6 is 0 Å². The zero-order valence-electron chi connectivity index (χ0n) is 10.2. The first-order chi connectivity index (χ1) is 9.25. The third kappa shape index (κ3) is 2.22. The number of aliphatic carboxylic acids is 1. The first kappa shape index (κ1) is 11.9. The van der Waals surface area contributed by atoms with Crippen LogP contribution in [0.4, 0.5) is 0 Å². The average molecular weight is 259 g/mol. The van der Waals surface area contributed by atoms with Gasteiger partial charge < -0.3 is 9.63 Å². The van der Waals surface area contributed by atoms with Gasteiger partial charge in [0.15, 0.2) is 5.82 Å². The van der Waals surface area contributed by atoms with E-state index in [0.29, 0.717) is 18.9 Å². The molecule has 1 aliphatic heterocycles. The summed E-state index contributed by atoms with van der Waals surface area (Å²) < 4.78 is 4.69. The molecular formula is C13H13N3O3. The minimum absolute atomic E-state index is 0.377. The Morgan fingerprint density at radius 3 is 3.05 bits per heavy atom. The summed E-state index contributed by atoms with van der Waals surface area (Å²) in [6.45, 7) is 1.05. The van der Waals surface area contributed by atoms with Crippen molar-refractivity contribution in [3.05, 3.63) is 47.6 Å². The van der Waals surface area contributed by atoms with Gasteiger partial charge in [-0.15, -0.1) is 0 Å². The van der Waals surface area contributed by atoms with E-state index in [9.17, 15) is 9.90 Å². The Labute approximate surface area is 109 Å². The number of aromatic nitrogens is 2. The molecule has 98 valence electrons. The van der Waals surface area contributed by atoms with Crippen LogP contribution in [0, 0.1) is 0 Å². The predicted octanol–water partition coefficient (Wildman–Crippen LogP) is 1.25. The van der Waals surface area contributed by atoms with Crippen molar-refractivity contribution in [3.8, 4) is 0 Å². The molecule has 1 aromatic carbocycles. The monoisotopic (exact) mass is 259 g/mol. The summed E-state index contributed by atoms with van der Waals surface area (Å²) in [6.07, 6.45) is 2.08. The van der Waals surface area contributed by atoms with Gasteiger partial charge in [0, 0.05) is 6.54 Å². The van der Waals surface area contributed by atoms with Gasteiger partial charge in [-0.2, -0.15) is 4.98 Å². The molecule has 2 aromatic rings. The Bertz CT molecular complexity index is 583. The molecule has 1 N–H and O–H groups in total. The van der Waals surface area contributed by atoms with Gasteiger partial charge in [-0.05, 0) is 17.5 Å². The molecule has 0 saturated heterocycles. The molecule has 3 rings (SSSR count). The number of benzene rings is 1. The number of carboxylic acid groups (broad SMARTS) is 1. The molecule has 0 amide bonds. The van der Waals surface area contributed by atoms with E-state index >= 15 is 0 Å². The van der Waals surface area contributed by atoms with E-state index in [1.807, 2.05) is 29.2 Å². The fourth-order valence-corrected chi connectivity index (χ4v) is 2.52. The highest BCUT2D eigenvalue weighted by atomic mass is 16.5.